The molecule has 1 aromatic heterocycles. The fourth-order valence-corrected chi connectivity index (χ4v) is 3.34. The molecule has 5 heteroatoms. The largest absolute Gasteiger partial charge is 0.357 e. The van der Waals surface area contributed by atoms with Crippen LogP contribution in [0.4, 0.5) is 0 Å². The van der Waals surface area contributed by atoms with Crippen molar-refractivity contribution in [2.45, 2.75) is 25.8 Å². The highest BCUT2D eigenvalue weighted by Crippen LogP contribution is 2.46. The molecule has 0 bridgehead atoms. The number of rotatable bonds is 6. The minimum atomic E-state index is 0. The molecule has 2 unspecified atom stereocenters. The lowest BCUT2D eigenvalue weighted by Gasteiger charge is -2.11. The summed E-state index contributed by atoms with van der Waals surface area (Å²) in [5.74, 6) is 2.37. The lowest BCUT2D eigenvalue weighted by molar-refractivity contribution is 0.721. The Bertz CT molecular complexity index is 598. The van der Waals surface area contributed by atoms with Crippen LogP contribution in [-0.2, 0) is 6.54 Å². The molecule has 23 heavy (non-hydrogen) atoms. The van der Waals surface area contributed by atoms with Crippen LogP contribution >= 0.6 is 35.3 Å². The molecule has 0 aliphatic heterocycles. The van der Waals surface area contributed by atoms with Gasteiger partial charge in [0, 0.05) is 18.0 Å². The number of nitrogens with zero attached hydrogens (tertiary/aromatic N) is 1. The van der Waals surface area contributed by atoms with Crippen LogP contribution in [0.5, 0.6) is 0 Å². The van der Waals surface area contributed by atoms with Crippen LogP contribution < -0.4 is 10.6 Å². The minimum absolute atomic E-state index is 0. The lowest BCUT2D eigenvalue weighted by atomic mass is 10.1. The van der Waals surface area contributed by atoms with Crippen LogP contribution in [0.3, 0.4) is 0 Å². The molecule has 2 aromatic rings. The Kier molecular flexibility index (Phi) is 7.36. The Balaban J connectivity index is 0.00000192. The van der Waals surface area contributed by atoms with Gasteiger partial charge in [-0.05, 0) is 42.2 Å². The van der Waals surface area contributed by atoms with Crippen molar-refractivity contribution in [2.24, 2.45) is 10.9 Å². The number of hydrogen-bond donors (Lipinski definition) is 2. The second-order valence-corrected chi connectivity index (χ2v) is 6.70. The Morgan fingerprint density at radius 3 is 2.70 bits per heavy atom. The first-order valence-electron chi connectivity index (χ1n) is 7.96. The van der Waals surface area contributed by atoms with Crippen molar-refractivity contribution in [2.75, 3.05) is 13.1 Å². The summed E-state index contributed by atoms with van der Waals surface area (Å²) in [5.41, 5.74) is 1.47. The predicted molar refractivity (Wildman–Crippen MR) is 110 cm³/mol. The second kappa shape index (κ2) is 9.27. The summed E-state index contributed by atoms with van der Waals surface area (Å²) in [4.78, 5) is 5.96. The van der Waals surface area contributed by atoms with Crippen LogP contribution in [-0.4, -0.2) is 19.0 Å². The van der Waals surface area contributed by atoms with E-state index in [0.717, 1.165) is 31.5 Å². The van der Waals surface area contributed by atoms with Crippen molar-refractivity contribution in [1.82, 2.24) is 10.6 Å². The first-order valence-corrected chi connectivity index (χ1v) is 8.84. The van der Waals surface area contributed by atoms with Crippen LogP contribution in [0.25, 0.3) is 0 Å². The van der Waals surface area contributed by atoms with E-state index in [1.54, 1.807) is 11.3 Å². The van der Waals surface area contributed by atoms with Gasteiger partial charge >= 0.3 is 0 Å². The molecule has 0 spiro atoms. The zero-order valence-electron chi connectivity index (χ0n) is 13.4. The van der Waals surface area contributed by atoms with Crippen LogP contribution in [0.2, 0.25) is 0 Å². The van der Waals surface area contributed by atoms with Gasteiger partial charge in [-0.2, -0.15) is 0 Å². The fourth-order valence-electron chi connectivity index (χ4n) is 2.71. The van der Waals surface area contributed by atoms with Gasteiger partial charge in [0.05, 0.1) is 6.54 Å². The number of benzene rings is 1. The molecule has 0 saturated heterocycles. The van der Waals surface area contributed by atoms with E-state index >= 15 is 0 Å². The highest BCUT2D eigenvalue weighted by atomic mass is 127. The van der Waals surface area contributed by atoms with Crippen molar-refractivity contribution in [3.8, 4) is 0 Å². The highest BCUT2D eigenvalue weighted by molar-refractivity contribution is 14.0. The summed E-state index contributed by atoms with van der Waals surface area (Å²) in [6, 6.07) is 15.0. The van der Waals surface area contributed by atoms with Crippen molar-refractivity contribution in [3.05, 3.63) is 58.3 Å². The number of halogens is 1. The van der Waals surface area contributed by atoms with Gasteiger partial charge in [-0.1, -0.05) is 36.4 Å². The van der Waals surface area contributed by atoms with E-state index in [4.69, 9.17) is 0 Å². The predicted octanol–water partition coefficient (Wildman–Crippen LogP) is 4.22. The van der Waals surface area contributed by atoms with Gasteiger partial charge in [-0.3, -0.25) is 0 Å². The van der Waals surface area contributed by atoms with Crippen LogP contribution in [0, 0.1) is 5.92 Å². The minimum Gasteiger partial charge on any atom is -0.357 e. The topological polar surface area (TPSA) is 36.4 Å². The third-order valence-corrected chi connectivity index (χ3v) is 4.86. The number of nitrogens with one attached hydrogen (secondary N) is 2. The van der Waals surface area contributed by atoms with Crippen LogP contribution in [0.15, 0.2) is 52.8 Å². The first kappa shape index (κ1) is 18.3. The monoisotopic (exact) mass is 441 g/mol. The summed E-state index contributed by atoms with van der Waals surface area (Å²) in [7, 11) is 0. The highest BCUT2D eigenvalue weighted by Gasteiger charge is 2.37. The molecule has 2 atom stereocenters. The maximum absolute atomic E-state index is 4.66. The smallest absolute Gasteiger partial charge is 0.191 e. The average molecular weight is 441 g/mol. The molecule has 1 aliphatic rings. The summed E-state index contributed by atoms with van der Waals surface area (Å²) in [6.45, 7) is 4.74. The normalized spacial score (nSPS) is 19.8. The Morgan fingerprint density at radius 1 is 1.17 bits per heavy atom. The summed E-state index contributed by atoms with van der Waals surface area (Å²) < 4.78 is 0. The summed E-state index contributed by atoms with van der Waals surface area (Å²) >= 11 is 1.75. The SMILES string of the molecule is CCNC(=NCc1cccs1)NCC1CC1c1ccccc1.I. The molecule has 3 nitrogen and oxygen atoms in total. The van der Waals surface area contributed by atoms with Crippen molar-refractivity contribution >= 4 is 41.3 Å². The number of guanidine groups is 1. The van der Waals surface area contributed by atoms with E-state index in [2.05, 4.69) is 70.4 Å². The van der Waals surface area contributed by atoms with E-state index in [1.807, 2.05) is 0 Å². The van der Waals surface area contributed by atoms with E-state index < -0.39 is 0 Å². The fraction of sp³-hybridized carbons (Fsp3) is 0.389. The zero-order valence-corrected chi connectivity index (χ0v) is 16.5. The van der Waals surface area contributed by atoms with Crippen molar-refractivity contribution in [3.63, 3.8) is 0 Å². The molecule has 1 saturated carbocycles. The lowest BCUT2D eigenvalue weighted by Crippen LogP contribution is -2.38. The van der Waals surface area contributed by atoms with Gasteiger partial charge in [-0.15, -0.1) is 35.3 Å². The number of hydrogen-bond acceptors (Lipinski definition) is 2. The molecule has 1 aromatic carbocycles. The third-order valence-electron chi connectivity index (χ3n) is 4.00. The summed E-state index contributed by atoms with van der Waals surface area (Å²) in [5, 5.41) is 8.91. The van der Waals surface area contributed by atoms with E-state index in [-0.39, 0.29) is 24.0 Å². The Hall–Kier alpha value is -1.08. The molecule has 0 radical (unpaired) electrons. The van der Waals surface area contributed by atoms with Crippen LogP contribution in [0.1, 0.15) is 29.7 Å². The van der Waals surface area contributed by atoms with E-state index in [0.29, 0.717) is 5.92 Å². The molecular formula is C18H24IN3S. The molecule has 1 aliphatic carbocycles. The van der Waals surface area contributed by atoms with Gasteiger partial charge < -0.3 is 10.6 Å². The second-order valence-electron chi connectivity index (χ2n) is 5.67. The molecule has 0 amide bonds. The standard InChI is InChI=1S/C18H23N3S.HI/c1-2-19-18(21-13-16-9-6-10-22-16)20-12-15-11-17(15)14-7-4-3-5-8-14;/h3-10,15,17H,2,11-13H2,1H3,(H2,19,20,21);1H. The molecule has 1 fully saturated rings. The molecule has 2 N–H and O–H groups in total. The van der Waals surface area contributed by atoms with Gasteiger partial charge in [-0.25, -0.2) is 4.99 Å². The Labute approximate surface area is 159 Å². The van der Waals surface area contributed by atoms with Gasteiger partial charge in [0.25, 0.3) is 0 Å². The van der Waals surface area contributed by atoms with Gasteiger partial charge in [0.1, 0.15) is 0 Å². The van der Waals surface area contributed by atoms with Gasteiger partial charge in [0.2, 0.25) is 0 Å². The molecular weight excluding hydrogens is 417 g/mol. The maximum atomic E-state index is 4.66. The quantitative estimate of drug-likeness (QED) is 0.400. The van der Waals surface area contributed by atoms with Crippen molar-refractivity contribution in [1.29, 1.82) is 0 Å². The molecule has 124 valence electrons. The van der Waals surface area contributed by atoms with Gasteiger partial charge in [0.15, 0.2) is 5.96 Å². The summed E-state index contributed by atoms with van der Waals surface area (Å²) in [6.07, 6.45) is 1.28. The van der Waals surface area contributed by atoms with E-state index in [1.165, 1.54) is 16.9 Å². The average Bonchev–Trinajstić information content (AvgIpc) is 3.15. The zero-order chi connectivity index (χ0) is 15.2. The Morgan fingerprint density at radius 2 is 2.00 bits per heavy atom. The molecule has 1 heterocycles. The van der Waals surface area contributed by atoms with Crippen molar-refractivity contribution < 1.29 is 0 Å². The maximum Gasteiger partial charge on any atom is 0.191 e. The number of aliphatic imine (C=N–C) groups is 1. The first-order chi connectivity index (χ1) is 10.9. The third kappa shape index (κ3) is 5.49. The number of thiophene rings is 1. The van der Waals surface area contributed by atoms with E-state index in [9.17, 15) is 0 Å². The molecule has 3 rings (SSSR count).